The molecule has 0 amide bonds. The minimum absolute atomic E-state index is 0.152. The number of carbonyl (C=O) groups is 1. The topological polar surface area (TPSA) is 113 Å². The van der Waals surface area contributed by atoms with E-state index in [0.29, 0.717) is 43.2 Å². The van der Waals surface area contributed by atoms with Crippen LogP contribution in [0.4, 0.5) is 0 Å². The lowest BCUT2D eigenvalue weighted by Gasteiger charge is -2.09. The van der Waals surface area contributed by atoms with Crippen LogP contribution in [0.3, 0.4) is 0 Å². The number of fused-ring (bicyclic) bond motifs is 4. The van der Waals surface area contributed by atoms with Gasteiger partial charge in [0.25, 0.3) is 11.1 Å². The Kier molecular flexibility index (Phi) is 4.45. The van der Waals surface area contributed by atoms with Gasteiger partial charge in [-0.15, -0.1) is 21.5 Å². The van der Waals surface area contributed by atoms with Crippen molar-refractivity contribution in [2.24, 2.45) is 14.1 Å². The van der Waals surface area contributed by atoms with Gasteiger partial charge in [-0.25, -0.2) is 9.78 Å². The van der Waals surface area contributed by atoms with Crippen LogP contribution >= 0.6 is 11.3 Å². The van der Waals surface area contributed by atoms with Crippen LogP contribution in [0.5, 0.6) is 0 Å². The summed E-state index contributed by atoms with van der Waals surface area (Å²) in [5, 5.41) is 9.19. The third kappa shape index (κ3) is 2.85. The molecule has 4 aromatic heterocycles. The summed E-state index contributed by atoms with van der Waals surface area (Å²) in [5.41, 5.74) is 1.74. The molecule has 0 fully saturated rings. The number of nitrogens with zero attached hydrogens (tertiary/aromatic N) is 6. The minimum Gasteiger partial charge on any atom is -0.453 e. The summed E-state index contributed by atoms with van der Waals surface area (Å²) in [6.07, 6.45) is 1.43. The molecule has 162 valence electrons. The van der Waals surface area contributed by atoms with Crippen LogP contribution in [0, 0.1) is 13.8 Å². The maximum Gasteiger partial charge on any atom is 0.349 e. The summed E-state index contributed by atoms with van der Waals surface area (Å²) in [6, 6.07) is 5.53. The summed E-state index contributed by atoms with van der Waals surface area (Å²) in [6.45, 7) is 3.46. The summed E-state index contributed by atoms with van der Waals surface area (Å²) in [4.78, 5) is 43.0. The number of benzene rings is 1. The van der Waals surface area contributed by atoms with Gasteiger partial charge in [0.1, 0.15) is 9.71 Å². The van der Waals surface area contributed by atoms with Crippen LogP contribution in [-0.4, -0.2) is 34.7 Å². The molecule has 0 spiro atoms. The van der Waals surface area contributed by atoms with E-state index in [-0.39, 0.29) is 17.7 Å². The molecule has 0 saturated heterocycles. The minimum atomic E-state index is -0.575. The molecule has 4 heterocycles. The zero-order valence-corrected chi connectivity index (χ0v) is 18.6. The maximum atomic E-state index is 12.8. The average Bonchev–Trinajstić information content (AvgIpc) is 3.35. The monoisotopic (exact) mass is 450 g/mol. The second kappa shape index (κ2) is 7.09. The molecule has 5 rings (SSSR count). The van der Waals surface area contributed by atoms with Gasteiger partial charge in [-0.1, -0.05) is 11.6 Å². The van der Waals surface area contributed by atoms with Crippen molar-refractivity contribution in [3.05, 3.63) is 67.1 Å². The van der Waals surface area contributed by atoms with Crippen LogP contribution < -0.4 is 11.1 Å². The van der Waals surface area contributed by atoms with Crippen LogP contribution in [0.2, 0.25) is 0 Å². The van der Waals surface area contributed by atoms with Crippen LogP contribution in [-0.2, 0) is 25.4 Å². The summed E-state index contributed by atoms with van der Waals surface area (Å²) < 4.78 is 10.0. The van der Waals surface area contributed by atoms with E-state index in [0.717, 1.165) is 16.9 Å². The molecule has 0 aliphatic heterocycles. The standard InChI is InChI=1S/C21H18N6O4S/c1-10-5-6-13-12(7-10)18(28)26(4)21-24-23-14(27(13)21)8-31-20(30)16-11(2)15-17(32-16)22-9-25(3)19(15)29/h5-7,9H,8H2,1-4H3. The normalized spacial score (nSPS) is 11.6. The van der Waals surface area contributed by atoms with Gasteiger partial charge in [-0.05, 0) is 31.5 Å². The van der Waals surface area contributed by atoms with Crippen LogP contribution in [0.1, 0.15) is 26.6 Å². The predicted molar refractivity (Wildman–Crippen MR) is 119 cm³/mol. The van der Waals surface area contributed by atoms with Gasteiger partial charge in [0, 0.05) is 14.1 Å². The number of carbonyl (C=O) groups excluding carboxylic acids is 1. The Labute approximate surface area is 184 Å². The number of ether oxygens (including phenoxy) is 1. The van der Waals surface area contributed by atoms with Crippen molar-refractivity contribution in [3.8, 4) is 0 Å². The molecule has 11 heteroatoms. The van der Waals surface area contributed by atoms with Gasteiger partial charge in [0.05, 0.1) is 22.6 Å². The van der Waals surface area contributed by atoms with Gasteiger partial charge in [-0.2, -0.15) is 0 Å². The Morgan fingerprint density at radius 3 is 2.69 bits per heavy atom. The first-order valence-electron chi connectivity index (χ1n) is 9.73. The molecule has 0 saturated carbocycles. The van der Waals surface area contributed by atoms with Gasteiger partial charge in [0.2, 0.25) is 5.78 Å². The largest absolute Gasteiger partial charge is 0.453 e. The van der Waals surface area contributed by atoms with Crippen molar-refractivity contribution in [2.45, 2.75) is 20.5 Å². The summed E-state index contributed by atoms with van der Waals surface area (Å²) >= 11 is 1.12. The van der Waals surface area contributed by atoms with Crippen LogP contribution in [0.15, 0.2) is 34.1 Å². The summed E-state index contributed by atoms with van der Waals surface area (Å²) in [7, 11) is 3.23. The number of esters is 1. The number of aryl methyl sites for hydroxylation is 4. The molecule has 0 radical (unpaired) electrons. The third-order valence-corrected chi connectivity index (χ3v) is 6.65. The molecule has 0 unspecified atom stereocenters. The van der Waals surface area contributed by atoms with E-state index in [1.54, 1.807) is 31.5 Å². The third-order valence-electron chi connectivity index (χ3n) is 5.47. The molecule has 0 atom stereocenters. The molecule has 5 aromatic rings. The van der Waals surface area contributed by atoms with Crippen LogP contribution in [0.25, 0.3) is 26.9 Å². The van der Waals surface area contributed by atoms with E-state index in [4.69, 9.17) is 4.74 Å². The lowest BCUT2D eigenvalue weighted by Crippen LogP contribution is -2.20. The smallest absolute Gasteiger partial charge is 0.349 e. The first-order valence-corrected chi connectivity index (χ1v) is 10.5. The van der Waals surface area contributed by atoms with E-state index in [9.17, 15) is 14.4 Å². The first-order chi connectivity index (χ1) is 15.3. The van der Waals surface area contributed by atoms with Crippen molar-refractivity contribution in [3.63, 3.8) is 0 Å². The molecular weight excluding hydrogens is 432 g/mol. The fourth-order valence-electron chi connectivity index (χ4n) is 3.75. The highest BCUT2D eigenvalue weighted by molar-refractivity contribution is 7.20. The second-order valence-electron chi connectivity index (χ2n) is 7.61. The molecule has 1 aromatic carbocycles. The van der Waals surface area contributed by atoms with E-state index >= 15 is 0 Å². The average molecular weight is 450 g/mol. The lowest BCUT2D eigenvalue weighted by atomic mass is 10.1. The van der Waals surface area contributed by atoms with Gasteiger partial charge >= 0.3 is 5.97 Å². The van der Waals surface area contributed by atoms with E-state index in [1.165, 1.54) is 15.5 Å². The first kappa shape index (κ1) is 20.1. The molecule has 0 bridgehead atoms. The number of hydrogen-bond acceptors (Lipinski definition) is 8. The molecule has 32 heavy (non-hydrogen) atoms. The van der Waals surface area contributed by atoms with Crippen molar-refractivity contribution < 1.29 is 9.53 Å². The number of thiophene rings is 1. The Bertz CT molecular complexity index is 1690. The van der Waals surface area contributed by atoms with E-state index in [1.807, 2.05) is 19.1 Å². The van der Waals surface area contributed by atoms with Gasteiger partial charge < -0.3 is 9.30 Å². The molecule has 0 aliphatic carbocycles. The van der Waals surface area contributed by atoms with Crippen molar-refractivity contribution >= 4 is 44.2 Å². The number of hydrogen-bond donors (Lipinski definition) is 0. The quantitative estimate of drug-likeness (QED) is 0.386. The fraction of sp³-hybridized carbons (Fsp3) is 0.238. The second-order valence-corrected chi connectivity index (χ2v) is 8.61. The fourth-order valence-corrected chi connectivity index (χ4v) is 4.78. The highest BCUT2D eigenvalue weighted by Gasteiger charge is 2.22. The van der Waals surface area contributed by atoms with Crippen molar-refractivity contribution in [1.29, 1.82) is 0 Å². The summed E-state index contributed by atoms with van der Waals surface area (Å²) in [5.74, 6) is 0.156. The molecule has 10 nitrogen and oxygen atoms in total. The lowest BCUT2D eigenvalue weighted by molar-refractivity contribution is 0.0466. The Morgan fingerprint density at radius 2 is 1.91 bits per heavy atom. The van der Waals surface area contributed by atoms with Gasteiger partial charge in [0.15, 0.2) is 12.4 Å². The zero-order chi connectivity index (χ0) is 22.7. The Hall–Kier alpha value is -3.86. The zero-order valence-electron chi connectivity index (χ0n) is 17.7. The molecule has 0 N–H and O–H groups in total. The van der Waals surface area contributed by atoms with Crippen molar-refractivity contribution in [2.75, 3.05) is 0 Å². The maximum absolute atomic E-state index is 12.8. The Morgan fingerprint density at radius 1 is 1.12 bits per heavy atom. The SMILES string of the molecule is Cc1ccc2c(c1)c(=O)n(C)c1nnc(COC(=O)c3sc4ncn(C)c(=O)c4c3C)n21. The highest BCUT2D eigenvalue weighted by atomic mass is 32.1. The van der Waals surface area contributed by atoms with E-state index < -0.39 is 5.97 Å². The number of rotatable bonds is 3. The van der Waals surface area contributed by atoms with E-state index in [2.05, 4.69) is 15.2 Å². The predicted octanol–water partition coefficient (Wildman–Crippen LogP) is 1.86. The Balaban J connectivity index is 1.55. The molecular formula is C21H18N6O4S. The highest BCUT2D eigenvalue weighted by Crippen LogP contribution is 2.27. The van der Waals surface area contributed by atoms with Crippen molar-refractivity contribution in [1.82, 2.24) is 28.7 Å². The van der Waals surface area contributed by atoms with Gasteiger partial charge in [-0.3, -0.25) is 18.6 Å². The number of aromatic nitrogens is 6. The molecule has 0 aliphatic rings.